The van der Waals surface area contributed by atoms with Crippen LogP contribution in [0.25, 0.3) is 0 Å². The SMILES string of the molecule is CC(C)(C)OC(=O)CBr.NC1CCC(CNc2nc(NCc3ccccc3OC(F)(F)F)ncc2[N+](=O)[O-])CC1.O=C(O)CNC1CCC(CNc2nc(NCc3ccccc3OC(F)(F)F)ncc2[N+](=O)[O-])CC1. The molecular weight excluding hydrogens is 1070 g/mol. The fourth-order valence-electron chi connectivity index (χ4n) is 7.59. The molecule has 412 valence electrons. The van der Waals surface area contributed by atoms with E-state index in [9.17, 15) is 56.2 Å². The minimum atomic E-state index is -4.84. The highest BCUT2D eigenvalue weighted by Gasteiger charge is 2.33. The van der Waals surface area contributed by atoms with Crippen LogP contribution in [0.2, 0.25) is 0 Å². The fraction of sp³-hybridized carbons (Fsp3) is 0.522. The van der Waals surface area contributed by atoms with E-state index in [-0.39, 0.29) is 112 Å². The number of nitrogens with zero attached hydrogens (tertiary/aromatic N) is 6. The molecule has 0 amide bonds. The summed E-state index contributed by atoms with van der Waals surface area (Å²) in [7, 11) is 0. The van der Waals surface area contributed by atoms with Crippen LogP contribution in [-0.2, 0) is 27.4 Å². The molecule has 0 aliphatic heterocycles. The average molecular weight is 1130 g/mol. The summed E-state index contributed by atoms with van der Waals surface area (Å²) < 4.78 is 88.5. The van der Waals surface area contributed by atoms with Crippen LogP contribution in [0.4, 0.5) is 61.2 Å². The zero-order valence-corrected chi connectivity index (χ0v) is 42.6. The standard InChI is InChI=1S/C21H25F3N6O5.C19H23F3N6O3.C6H11BrO2/c22-21(23,24)35-17-4-2-1-3-14(17)10-27-20-28-11-16(30(33)34)19(29-20)26-9-13-5-7-15(8-6-13)25-12-18(31)32;20-19(21,22)31-16-4-2-1-3-13(16)10-25-18-26-11-15(28(29)30)17(27-18)24-9-12-5-7-14(23)8-6-12;1-6(2,3)9-5(8)4-7/h1-4,11,13,15,25H,5-10,12H2,(H,31,32)(H2,26,27,28,29);1-4,11-12,14H,5-10,23H2,(H2,24,25,26,27);4H2,1-3H3. The third-order valence-electron chi connectivity index (χ3n) is 11.1. The van der Waals surface area contributed by atoms with Crippen LogP contribution in [0.3, 0.4) is 0 Å². The Hall–Kier alpha value is -6.88. The molecule has 0 radical (unpaired) electrons. The van der Waals surface area contributed by atoms with E-state index in [1.807, 2.05) is 20.8 Å². The molecule has 2 aromatic heterocycles. The summed E-state index contributed by atoms with van der Waals surface area (Å²) in [6.45, 7) is 6.19. The molecule has 6 rings (SSSR count). The number of ether oxygens (including phenoxy) is 3. The number of carboxylic acids is 1. The fourth-order valence-corrected chi connectivity index (χ4v) is 7.71. The lowest BCUT2D eigenvalue weighted by Crippen LogP contribution is -2.37. The third-order valence-corrected chi connectivity index (χ3v) is 11.6. The summed E-state index contributed by atoms with van der Waals surface area (Å²) in [6, 6.07) is 11.6. The van der Waals surface area contributed by atoms with Crippen LogP contribution < -0.4 is 41.8 Å². The lowest BCUT2D eigenvalue weighted by Gasteiger charge is -2.29. The van der Waals surface area contributed by atoms with Crippen molar-refractivity contribution in [3.05, 3.63) is 92.3 Å². The molecule has 0 atom stereocenters. The van der Waals surface area contributed by atoms with Gasteiger partial charge in [-0.3, -0.25) is 29.8 Å². The monoisotopic (exact) mass is 1130 g/mol. The number of carboxylic acid groups (broad SMARTS) is 1. The largest absolute Gasteiger partial charge is 0.573 e. The summed E-state index contributed by atoms with van der Waals surface area (Å²) in [6.07, 6.45) is -0.710. The summed E-state index contributed by atoms with van der Waals surface area (Å²) in [5, 5.41) is 46.3. The molecule has 2 heterocycles. The number of aromatic nitrogens is 4. The van der Waals surface area contributed by atoms with E-state index >= 15 is 0 Å². The Morgan fingerprint density at radius 2 is 1.12 bits per heavy atom. The van der Waals surface area contributed by atoms with Crippen molar-refractivity contribution >= 4 is 62.8 Å². The summed E-state index contributed by atoms with van der Waals surface area (Å²) in [4.78, 5) is 58.8. The Morgan fingerprint density at radius 1 is 0.707 bits per heavy atom. The lowest BCUT2D eigenvalue weighted by molar-refractivity contribution is -0.384. The van der Waals surface area contributed by atoms with Gasteiger partial charge in [0.25, 0.3) is 0 Å². The number of anilines is 4. The van der Waals surface area contributed by atoms with E-state index in [1.165, 1.54) is 36.4 Å². The van der Waals surface area contributed by atoms with E-state index in [0.717, 1.165) is 63.8 Å². The molecule has 2 aromatic carbocycles. The summed E-state index contributed by atoms with van der Waals surface area (Å²) >= 11 is 2.99. The first-order valence-electron chi connectivity index (χ1n) is 23.4. The van der Waals surface area contributed by atoms with Crippen molar-refractivity contribution in [2.75, 3.05) is 46.2 Å². The molecule has 0 spiro atoms. The Morgan fingerprint density at radius 3 is 1.48 bits per heavy atom. The number of rotatable bonds is 20. The zero-order valence-electron chi connectivity index (χ0n) is 41.0. The number of hydrogen-bond acceptors (Lipinski definition) is 19. The molecule has 0 saturated heterocycles. The number of nitrogens with one attached hydrogen (secondary N) is 5. The molecule has 29 heteroatoms. The first-order valence-corrected chi connectivity index (χ1v) is 24.5. The molecule has 0 unspecified atom stereocenters. The Bertz CT molecular complexity index is 2490. The minimum Gasteiger partial charge on any atom is -0.480 e. The highest BCUT2D eigenvalue weighted by Crippen LogP contribution is 2.31. The van der Waals surface area contributed by atoms with Crippen molar-refractivity contribution in [3.63, 3.8) is 0 Å². The number of carbonyl (C=O) groups is 2. The normalized spacial score (nSPS) is 17.6. The van der Waals surface area contributed by atoms with Gasteiger partial charge in [-0.05, 0) is 96.1 Å². The number of esters is 1. The van der Waals surface area contributed by atoms with Gasteiger partial charge < -0.3 is 51.6 Å². The molecule has 2 aliphatic rings. The number of halogens is 7. The van der Waals surface area contributed by atoms with Crippen LogP contribution in [0.1, 0.15) is 83.3 Å². The second kappa shape index (κ2) is 28.7. The zero-order chi connectivity index (χ0) is 55.3. The van der Waals surface area contributed by atoms with Crippen molar-refractivity contribution in [1.82, 2.24) is 25.3 Å². The van der Waals surface area contributed by atoms with Gasteiger partial charge in [0.05, 0.1) is 16.4 Å². The van der Waals surface area contributed by atoms with Gasteiger partial charge in [-0.1, -0.05) is 52.3 Å². The Balaban J connectivity index is 0.000000280. The molecule has 2 saturated carbocycles. The van der Waals surface area contributed by atoms with Crippen molar-refractivity contribution < 1.29 is 65.1 Å². The van der Waals surface area contributed by atoms with Gasteiger partial charge in [-0.15, -0.1) is 26.3 Å². The highest BCUT2D eigenvalue weighted by molar-refractivity contribution is 9.09. The second-order valence-electron chi connectivity index (χ2n) is 18.1. The number of alkyl halides is 7. The van der Waals surface area contributed by atoms with Crippen LogP contribution >= 0.6 is 15.9 Å². The average Bonchev–Trinajstić information content (AvgIpc) is 3.33. The lowest BCUT2D eigenvalue weighted by atomic mass is 9.86. The van der Waals surface area contributed by atoms with Crippen molar-refractivity contribution in [1.29, 1.82) is 0 Å². The predicted octanol–water partition coefficient (Wildman–Crippen LogP) is 9.09. The first-order chi connectivity index (χ1) is 35.3. The van der Waals surface area contributed by atoms with Crippen molar-refractivity contribution in [2.45, 2.75) is 116 Å². The number of nitrogens with two attached hydrogens (primary N) is 1. The maximum atomic E-state index is 12.6. The second-order valence-corrected chi connectivity index (χ2v) is 18.7. The minimum absolute atomic E-state index is 0.00138. The first kappa shape index (κ1) is 60.7. The van der Waals surface area contributed by atoms with Crippen LogP contribution in [-0.4, -0.2) is 102 Å². The number of benzene rings is 2. The van der Waals surface area contributed by atoms with Gasteiger partial charge in [0, 0.05) is 49.4 Å². The maximum Gasteiger partial charge on any atom is 0.573 e. The molecule has 8 N–H and O–H groups in total. The topological polar surface area (TPSA) is 306 Å². The molecule has 2 aliphatic carbocycles. The van der Waals surface area contributed by atoms with Crippen molar-refractivity contribution in [3.8, 4) is 11.5 Å². The number of aliphatic carboxylic acids is 1. The van der Waals surface area contributed by atoms with Crippen LogP contribution in [0.15, 0.2) is 60.9 Å². The van der Waals surface area contributed by atoms with Gasteiger partial charge in [0.15, 0.2) is 0 Å². The Kier molecular flexibility index (Phi) is 23.2. The Labute approximate surface area is 435 Å². The summed E-state index contributed by atoms with van der Waals surface area (Å²) in [5.41, 5.74) is 5.38. The number of hydrogen-bond donors (Lipinski definition) is 7. The molecule has 0 bridgehead atoms. The molecule has 75 heavy (non-hydrogen) atoms. The van der Waals surface area contributed by atoms with Crippen LogP contribution in [0.5, 0.6) is 11.5 Å². The van der Waals surface area contributed by atoms with Crippen molar-refractivity contribution in [2.24, 2.45) is 17.6 Å². The third kappa shape index (κ3) is 23.1. The van der Waals surface area contributed by atoms with Gasteiger partial charge in [-0.25, -0.2) is 9.97 Å². The quantitative estimate of drug-likeness (QED) is 0.0143. The smallest absolute Gasteiger partial charge is 0.480 e. The molecule has 2 fully saturated rings. The van der Waals surface area contributed by atoms with Gasteiger partial charge in [0.2, 0.25) is 23.5 Å². The predicted molar refractivity (Wildman–Crippen MR) is 266 cm³/mol. The maximum absolute atomic E-state index is 12.6. The van der Waals surface area contributed by atoms with E-state index in [0.29, 0.717) is 19.0 Å². The van der Waals surface area contributed by atoms with Gasteiger partial charge in [0.1, 0.15) is 34.8 Å². The number of carbonyl (C=O) groups excluding carboxylic acids is 1. The van der Waals surface area contributed by atoms with E-state index in [1.54, 1.807) is 12.1 Å². The molecule has 4 aromatic rings. The molecular formula is C46H59BrF6N12O10. The highest BCUT2D eigenvalue weighted by atomic mass is 79.9. The number of para-hydroxylation sites is 2. The van der Waals surface area contributed by atoms with E-state index in [2.05, 4.69) is 71.9 Å². The molecule has 22 nitrogen and oxygen atoms in total. The van der Waals surface area contributed by atoms with E-state index in [4.69, 9.17) is 15.6 Å². The number of nitro groups is 2. The van der Waals surface area contributed by atoms with E-state index < -0.39 is 28.5 Å². The summed E-state index contributed by atoms with van der Waals surface area (Å²) in [5.74, 6) is -1.21. The van der Waals surface area contributed by atoms with Crippen LogP contribution in [0, 0.1) is 32.1 Å². The van der Waals surface area contributed by atoms with Gasteiger partial charge >= 0.3 is 36.0 Å². The van der Waals surface area contributed by atoms with Gasteiger partial charge in [-0.2, -0.15) is 9.97 Å².